The van der Waals surface area contributed by atoms with Crippen molar-refractivity contribution < 1.29 is 9.53 Å². The zero-order valence-electron chi connectivity index (χ0n) is 13.1. The van der Waals surface area contributed by atoms with Crippen molar-refractivity contribution in [2.24, 2.45) is 0 Å². The second kappa shape index (κ2) is 10.6. The van der Waals surface area contributed by atoms with Gasteiger partial charge in [-0.05, 0) is 18.5 Å². The predicted molar refractivity (Wildman–Crippen MR) is 92.1 cm³/mol. The Balaban J connectivity index is 1.44. The van der Waals surface area contributed by atoms with Crippen molar-refractivity contribution in [3.8, 4) is 0 Å². The number of amides is 1. The van der Waals surface area contributed by atoms with Gasteiger partial charge < -0.3 is 10.1 Å². The van der Waals surface area contributed by atoms with Gasteiger partial charge in [-0.25, -0.2) is 0 Å². The molecule has 0 aromatic heterocycles. The standard InChI is InChI=1S/C17H26N2O2S/c20-17(7-14-22-15-16-5-2-1-3-6-16)18-8-4-9-19-10-12-21-13-11-19/h1-3,5-6H,4,7-15H2,(H,18,20). The van der Waals surface area contributed by atoms with E-state index in [9.17, 15) is 4.79 Å². The van der Waals surface area contributed by atoms with Crippen LogP contribution in [0.3, 0.4) is 0 Å². The lowest BCUT2D eigenvalue weighted by Crippen LogP contribution is -2.38. The number of benzene rings is 1. The summed E-state index contributed by atoms with van der Waals surface area (Å²) in [5.74, 6) is 2.03. The summed E-state index contributed by atoms with van der Waals surface area (Å²) in [7, 11) is 0. The topological polar surface area (TPSA) is 41.6 Å². The molecule has 0 bridgehead atoms. The van der Waals surface area contributed by atoms with Crippen LogP contribution in [0.1, 0.15) is 18.4 Å². The fraction of sp³-hybridized carbons (Fsp3) is 0.588. The first-order chi connectivity index (χ1) is 10.8. The summed E-state index contributed by atoms with van der Waals surface area (Å²) in [6, 6.07) is 10.4. The van der Waals surface area contributed by atoms with Gasteiger partial charge in [0.2, 0.25) is 5.91 Å². The van der Waals surface area contributed by atoms with Gasteiger partial charge in [0.25, 0.3) is 0 Å². The maximum atomic E-state index is 11.7. The molecule has 0 radical (unpaired) electrons. The maximum Gasteiger partial charge on any atom is 0.220 e. The first-order valence-electron chi connectivity index (χ1n) is 8.03. The highest BCUT2D eigenvalue weighted by Crippen LogP contribution is 2.12. The maximum absolute atomic E-state index is 11.7. The van der Waals surface area contributed by atoms with Gasteiger partial charge in [-0.3, -0.25) is 9.69 Å². The first-order valence-corrected chi connectivity index (χ1v) is 9.18. The van der Waals surface area contributed by atoms with E-state index in [1.54, 1.807) is 0 Å². The number of carbonyl (C=O) groups excluding carboxylic acids is 1. The van der Waals surface area contributed by atoms with Crippen molar-refractivity contribution in [3.63, 3.8) is 0 Å². The zero-order chi connectivity index (χ0) is 15.5. The predicted octanol–water partition coefficient (Wildman–Crippen LogP) is 2.15. The molecule has 1 saturated heterocycles. The number of morpholine rings is 1. The van der Waals surface area contributed by atoms with Crippen molar-refractivity contribution in [3.05, 3.63) is 35.9 Å². The summed E-state index contributed by atoms with van der Waals surface area (Å²) in [5.41, 5.74) is 1.32. The molecule has 5 heteroatoms. The third-order valence-corrected chi connectivity index (χ3v) is 4.69. The minimum Gasteiger partial charge on any atom is -0.379 e. The van der Waals surface area contributed by atoms with Crippen LogP contribution in [0, 0.1) is 0 Å². The number of nitrogens with one attached hydrogen (secondary N) is 1. The summed E-state index contributed by atoms with van der Waals surface area (Å²) in [5, 5.41) is 3.01. The van der Waals surface area contributed by atoms with Crippen molar-refractivity contribution in [2.75, 3.05) is 45.1 Å². The summed E-state index contributed by atoms with van der Waals surface area (Å²) < 4.78 is 5.32. The molecule has 1 aliphatic heterocycles. The molecule has 22 heavy (non-hydrogen) atoms. The van der Waals surface area contributed by atoms with Crippen molar-refractivity contribution in [1.82, 2.24) is 10.2 Å². The summed E-state index contributed by atoms with van der Waals surface area (Å²) in [4.78, 5) is 14.1. The van der Waals surface area contributed by atoms with Crippen LogP contribution in [0.2, 0.25) is 0 Å². The molecule has 4 nitrogen and oxygen atoms in total. The van der Waals surface area contributed by atoms with Crippen molar-refractivity contribution >= 4 is 17.7 Å². The zero-order valence-corrected chi connectivity index (χ0v) is 13.9. The summed E-state index contributed by atoms with van der Waals surface area (Å²) >= 11 is 1.81. The van der Waals surface area contributed by atoms with Gasteiger partial charge in [0.15, 0.2) is 0 Å². The van der Waals surface area contributed by atoms with Gasteiger partial charge in [0.05, 0.1) is 13.2 Å². The van der Waals surface area contributed by atoms with E-state index < -0.39 is 0 Å². The number of rotatable bonds is 9. The van der Waals surface area contributed by atoms with Crippen LogP contribution in [0.4, 0.5) is 0 Å². The minimum atomic E-state index is 0.169. The summed E-state index contributed by atoms with van der Waals surface area (Å²) in [6.07, 6.45) is 1.62. The fourth-order valence-corrected chi connectivity index (χ4v) is 3.27. The van der Waals surface area contributed by atoms with Crippen LogP contribution >= 0.6 is 11.8 Å². The van der Waals surface area contributed by atoms with Gasteiger partial charge in [0.1, 0.15) is 0 Å². The normalized spacial score (nSPS) is 15.6. The molecular weight excluding hydrogens is 296 g/mol. The third-order valence-electron chi connectivity index (χ3n) is 3.66. The molecular formula is C17H26N2O2S. The van der Waals surface area contributed by atoms with E-state index in [1.165, 1.54) is 5.56 Å². The average Bonchev–Trinajstić information content (AvgIpc) is 2.57. The second-order valence-electron chi connectivity index (χ2n) is 5.45. The van der Waals surface area contributed by atoms with Gasteiger partial charge in [-0.15, -0.1) is 0 Å². The molecule has 1 fully saturated rings. The highest BCUT2D eigenvalue weighted by molar-refractivity contribution is 7.98. The Morgan fingerprint density at radius 3 is 2.77 bits per heavy atom. The molecule has 0 spiro atoms. The number of carbonyl (C=O) groups is 1. The number of ether oxygens (including phenoxy) is 1. The van der Waals surface area contributed by atoms with Gasteiger partial charge in [0, 0.05) is 37.6 Å². The number of hydrogen-bond acceptors (Lipinski definition) is 4. The smallest absolute Gasteiger partial charge is 0.220 e. The van der Waals surface area contributed by atoms with E-state index in [0.717, 1.165) is 57.3 Å². The molecule has 0 atom stereocenters. The van der Waals surface area contributed by atoms with Crippen LogP contribution in [0.25, 0.3) is 0 Å². The Bertz CT molecular complexity index is 422. The molecule has 1 heterocycles. The van der Waals surface area contributed by atoms with E-state index in [-0.39, 0.29) is 5.91 Å². The summed E-state index contributed by atoms with van der Waals surface area (Å²) in [6.45, 7) is 5.54. The molecule has 1 aromatic rings. The fourth-order valence-electron chi connectivity index (χ4n) is 2.37. The average molecular weight is 322 g/mol. The first kappa shape index (κ1) is 17.3. The molecule has 2 rings (SSSR count). The van der Waals surface area contributed by atoms with Crippen LogP contribution in [-0.4, -0.2) is 56.0 Å². The molecule has 1 amide bonds. The van der Waals surface area contributed by atoms with E-state index in [4.69, 9.17) is 4.74 Å². The van der Waals surface area contributed by atoms with Crippen LogP contribution in [-0.2, 0) is 15.3 Å². The molecule has 0 saturated carbocycles. The molecule has 1 aliphatic rings. The number of nitrogens with zero attached hydrogens (tertiary/aromatic N) is 1. The SMILES string of the molecule is O=C(CCSCc1ccccc1)NCCCN1CCOCC1. The quantitative estimate of drug-likeness (QED) is 0.707. The van der Waals surface area contributed by atoms with Crippen molar-refractivity contribution in [1.29, 1.82) is 0 Å². The Kier molecular flexibility index (Phi) is 8.38. The highest BCUT2D eigenvalue weighted by atomic mass is 32.2. The number of thioether (sulfide) groups is 1. The Morgan fingerprint density at radius 1 is 1.23 bits per heavy atom. The van der Waals surface area contributed by atoms with Crippen LogP contribution < -0.4 is 5.32 Å². The van der Waals surface area contributed by atoms with E-state index in [1.807, 2.05) is 17.8 Å². The minimum absolute atomic E-state index is 0.169. The Morgan fingerprint density at radius 2 is 2.00 bits per heavy atom. The lowest BCUT2D eigenvalue weighted by atomic mass is 10.2. The van der Waals surface area contributed by atoms with Crippen LogP contribution in [0.5, 0.6) is 0 Å². The Hall–Kier alpha value is -1.04. The van der Waals surface area contributed by atoms with Crippen LogP contribution in [0.15, 0.2) is 30.3 Å². The molecule has 122 valence electrons. The lowest BCUT2D eigenvalue weighted by Gasteiger charge is -2.26. The third kappa shape index (κ3) is 7.29. The van der Waals surface area contributed by atoms with Gasteiger partial charge in [-0.1, -0.05) is 30.3 Å². The largest absolute Gasteiger partial charge is 0.379 e. The van der Waals surface area contributed by atoms with Crippen molar-refractivity contribution in [2.45, 2.75) is 18.6 Å². The molecule has 0 unspecified atom stereocenters. The van der Waals surface area contributed by atoms with Gasteiger partial charge in [-0.2, -0.15) is 11.8 Å². The van der Waals surface area contributed by atoms with E-state index >= 15 is 0 Å². The Labute approximate surface area is 137 Å². The number of hydrogen-bond donors (Lipinski definition) is 1. The highest BCUT2D eigenvalue weighted by Gasteiger charge is 2.09. The molecule has 0 aliphatic carbocycles. The van der Waals surface area contributed by atoms with E-state index in [0.29, 0.717) is 6.42 Å². The lowest BCUT2D eigenvalue weighted by molar-refractivity contribution is -0.120. The molecule has 1 N–H and O–H groups in total. The monoisotopic (exact) mass is 322 g/mol. The molecule has 1 aromatic carbocycles. The van der Waals surface area contributed by atoms with Gasteiger partial charge >= 0.3 is 0 Å². The second-order valence-corrected chi connectivity index (χ2v) is 6.55. The van der Waals surface area contributed by atoms with E-state index in [2.05, 4.69) is 34.5 Å².